The Kier molecular flexibility index (Phi) is 23.0. The van der Waals surface area contributed by atoms with Crippen LogP contribution in [0.4, 0.5) is 0 Å². The fraction of sp³-hybridized carbons (Fsp3) is 0.472. The maximum absolute atomic E-state index is 7.63. The van der Waals surface area contributed by atoms with E-state index in [1.807, 2.05) is 0 Å². The van der Waals surface area contributed by atoms with Crippen LogP contribution in [0, 0.1) is 0 Å². The van der Waals surface area contributed by atoms with Gasteiger partial charge < -0.3 is 28.4 Å². The molecule has 0 aromatic heterocycles. The summed E-state index contributed by atoms with van der Waals surface area (Å²) in [6.07, 6.45) is 38.5. The van der Waals surface area contributed by atoms with E-state index in [0.29, 0.717) is 26.4 Å². The zero-order valence-corrected chi connectivity index (χ0v) is 48.1. The Morgan fingerprint density at radius 2 is 0.641 bits per heavy atom. The molecule has 2 heterocycles. The van der Waals surface area contributed by atoms with E-state index in [4.69, 9.17) is 28.4 Å². The van der Waals surface area contributed by atoms with Crippen LogP contribution in [0.1, 0.15) is 215 Å². The highest BCUT2D eigenvalue weighted by Crippen LogP contribution is 2.51. The molecule has 0 saturated carbocycles. The number of benzene rings is 6. The molecule has 6 aromatic rings. The Labute approximate surface area is 469 Å². The van der Waals surface area contributed by atoms with E-state index in [1.165, 1.54) is 128 Å². The second-order valence-corrected chi connectivity index (χ2v) is 22.0. The van der Waals surface area contributed by atoms with E-state index >= 15 is 0 Å². The maximum atomic E-state index is 7.63. The first-order valence-corrected chi connectivity index (χ1v) is 30.8. The summed E-state index contributed by atoms with van der Waals surface area (Å²) >= 11 is 0. The Morgan fingerprint density at radius 1 is 0.321 bits per heavy atom. The number of unbranched alkanes of at least 4 members (excludes halogenated alkanes) is 20. The summed E-state index contributed by atoms with van der Waals surface area (Å²) in [5.74, 6) is 5.09. The molecule has 6 aromatic carbocycles. The van der Waals surface area contributed by atoms with Crippen LogP contribution in [0.2, 0.25) is 0 Å². The predicted molar refractivity (Wildman–Crippen MR) is 326 cm³/mol. The van der Waals surface area contributed by atoms with Crippen LogP contribution in [0.15, 0.2) is 133 Å². The lowest BCUT2D eigenvalue weighted by molar-refractivity contribution is 0.159. The molecule has 416 valence electrons. The van der Waals surface area contributed by atoms with Gasteiger partial charge in [-0.3, -0.25) is 0 Å². The largest absolute Gasteiger partial charge is 0.494 e. The van der Waals surface area contributed by atoms with Crippen molar-refractivity contribution in [3.05, 3.63) is 167 Å². The van der Waals surface area contributed by atoms with Crippen molar-refractivity contribution in [2.45, 2.75) is 193 Å². The third kappa shape index (κ3) is 15.6. The fourth-order valence-corrected chi connectivity index (χ4v) is 11.2. The van der Waals surface area contributed by atoms with Crippen molar-refractivity contribution in [1.82, 2.24) is 0 Å². The van der Waals surface area contributed by atoms with Crippen molar-refractivity contribution in [2.75, 3.05) is 26.4 Å². The molecular weight excluding hydrogens is 961 g/mol. The molecule has 0 atom stereocenters. The van der Waals surface area contributed by atoms with Gasteiger partial charge in [0.05, 0.1) is 26.4 Å². The van der Waals surface area contributed by atoms with Crippen LogP contribution in [0.25, 0.3) is 22.9 Å². The summed E-state index contributed by atoms with van der Waals surface area (Å²) in [6.45, 7) is 11.9. The second kappa shape index (κ2) is 30.9. The molecule has 6 nitrogen and oxygen atoms in total. The third-order valence-electron chi connectivity index (χ3n) is 15.9. The molecule has 0 fully saturated rings. The zero-order valence-electron chi connectivity index (χ0n) is 48.1. The standard InChI is InChI=1S/C72H92O6/c1-5-9-13-17-21-25-53-73-63-40-32-59(33-41-63)71(60-34-42-64(43-35-60)74-54-26-22-18-14-10-6-2)52-50-67-68(77-71)48-31-57-29-30-58-49-51-72(78-70(58)69(57)67,61-36-44-65(45-37-61)75-55-27-23-19-15-11-7-3)62-38-46-66(47-39-62)76-56-28-24-20-16-12-8-4/h29-52H,5-28,53-56H2,1-4H3. The Hall–Kier alpha value is -6.14. The number of hydrogen-bond donors (Lipinski definition) is 0. The first-order chi connectivity index (χ1) is 38.5. The molecule has 0 saturated heterocycles. The van der Waals surface area contributed by atoms with Crippen LogP contribution in [-0.4, -0.2) is 26.4 Å². The van der Waals surface area contributed by atoms with Gasteiger partial charge in [0.25, 0.3) is 0 Å². The molecule has 8 rings (SSSR count). The predicted octanol–water partition coefficient (Wildman–Crippen LogP) is 20.5. The topological polar surface area (TPSA) is 55.4 Å². The summed E-state index contributed by atoms with van der Waals surface area (Å²) in [6, 6.07) is 42.8. The first-order valence-electron chi connectivity index (χ1n) is 30.8. The molecule has 0 amide bonds. The normalized spacial score (nSPS) is 13.8. The third-order valence-corrected chi connectivity index (χ3v) is 15.9. The molecule has 2 aliphatic rings. The van der Waals surface area contributed by atoms with Gasteiger partial charge in [-0.1, -0.05) is 229 Å². The lowest BCUT2D eigenvalue weighted by atomic mass is 9.82. The van der Waals surface area contributed by atoms with E-state index in [0.717, 1.165) is 104 Å². The van der Waals surface area contributed by atoms with Crippen LogP contribution in [0.5, 0.6) is 34.5 Å². The Morgan fingerprint density at radius 3 is 1.01 bits per heavy atom. The summed E-state index contributed by atoms with van der Waals surface area (Å²) in [5.41, 5.74) is 4.20. The molecule has 0 unspecified atom stereocenters. The van der Waals surface area contributed by atoms with Gasteiger partial charge >= 0.3 is 0 Å². The highest BCUT2D eigenvalue weighted by molar-refractivity contribution is 6.01. The van der Waals surface area contributed by atoms with Crippen molar-refractivity contribution in [1.29, 1.82) is 0 Å². The maximum Gasteiger partial charge on any atom is 0.178 e. The molecular formula is C72H92O6. The van der Waals surface area contributed by atoms with E-state index in [1.54, 1.807) is 0 Å². The fourth-order valence-electron chi connectivity index (χ4n) is 11.2. The van der Waals surface area contributed by atoms with Crippen molar-refractivity contribution in [3.63, 3.8) is 0 Å². The lowest BCUT2D eigenvalue weighted by Gasteiger charge is -2.38. The summed E-state index contributed by atoms with van der Waals surface area (Å²) < 4.78 is 40.3. The van der Waals surface area contributed by atoms with E-state index in [-0.39, 0.29) is 0 Å². The van der Waals surface area contributed by atoms with Crippen molar-refractivity contribution in [3.8, 4) is 34.5 Å². The summed E-state index contributed by atoms with van der Waals surface area (Å²) in [5, 5.41) is 2.09. The molecule has 0 bridgehead atoms. The minimum absolute atomic E-state index is 0.715. The highest BCUT2D eigenvalue weighted by Gasteiger charge is 2.41. The van der Waals surface area contributed by atoms with Gasteiger partial charge in [0, 0.05) is 38.8 Å². The molecule has 6 heteroatoms. The molecule has 0 N–H and O–H groups in total. The Balaban J connectivity index is 1.09. The quantitative estimate of drug-likeness (QED) is 0.0366. The van der Waals surface area contributed by atoms with E-state index in [9.17, 15) is 0 Å². The van der Waals surface area contributed by atoms with Gasteiger partial charge in [-0.25, -0.2) is 0 Å². The van der Waals surface area contributed by atoms with Gasteiger partial charge in [-0.2, -0.15) is 0 Å². The number of ether oxygens (including phenoxy) is 6. The highest BCUT2D eigenvalue weighted by atomic mass is 16.5. The lowest BCUT2D eigenvalue weighted by Crippen LogP contribution is -2.35. The van der Waals surface area contributed by atoms with Gasteiger partial charge in [-0.15, -0.1) is 0 Å². The van der Waals surface area contributed by atoms with Crippen molar-refractivity contribution < 1.29 is 28.4 Å². The number of rotatable bonds is 36. The van der Waals surface area contributed by atoms with Crippen LogP contribution < -0.4 is 28.4 Å². The smallest absolute Gasteiger partial charge is 0.178 e. The molecule has 78 heavy (non-hydrogen) atoms. The van der Waals surface area contributed by atoms with Gasteiger partial charge in [0.2, 0.25) is 0 Å². The van der Waals surface area contributed by atoms with E-state index < -0.39 is 11.2 Å². The second-order valence-electron chi connectivity index (χ2n) is 22.0. The zero-order chi connectivity index (χ0) is 54.1. The number of fused-ring (bicyclic) bond motifs is 5. The monoisotopic (exact) mass is 1050 g/mol. The average Bonchev–Trinajstić information content (AvgIpc) is 3.65. The van der Waals surface area contributed by atoms with Crippen LogP contribution in [0.3, 0.4) is 0 Å². The Bertz CT molecular complexity index is 2610. The van der Waals surface area contributed by atoms with E-state index in [2.05, 4.69) is 173 Å². The minimum atomic E-state index is -0.944. The summed E-state index contributed by atoms with van der Waals surface area (Å²) in [7, 11) is 0. The number of hydrogen-bond acceptors (Lipinski definition) is 6. The average molecular weight is 1050 g/mol. The van der Waals surface area contributed by atoms with Crippen LogP contribution in [-0.2, 0) is 11.2 Å². The van der Waals surface area contributed by atoms with Gasteiger partial charge in [0.15, 0.2) is 11.2 Å². The minimum Gasteiger partial charge on any atom is -0.494 e. The van der Waals surface area contributed by atoms with Crippen LogP contribution >= 0.6 is 0 Å². The summed E-state index contributed by atoms with van der Waals surface area (Å²) in [4.78, 5) is 0. The first kappa shape index (κ1) is 58.0. The van der Waals surface area contributed by atoms with Gasteiger partial charge in [0.1, 0.15) is 34.5 Å². The van der Waals surface area contributed by atoms with Crippen molar-refractivity contribution >= 4 is 22.9 Å². The SMILES string of the molecule is CCCCCCCCOc1ccc(C2(c3ccc(OCCCCCCCC)cc3)C=Cc3c(ccc4ccc5c(c34)OC(c3ccc(OCCCCCCCC)cc3)(c3ccc(OCCCCCCCC)cc3)C=C5)O2)cc1. The van der Waals surface area contributed by atoms with Gasteiger partial charge in [-0.05, 0) is 104 Å². The molecule has 0 spiro atoms. The molecule has 0 aliphatic carbocycles. The van der Waals surface area contributed by atoms with Crippen molar-refractivity contribution in [2.24, 2.45) is 0 Å². The molecule has 2 aliphatic heterocycles. The molecule has 0 radical (unpaired) electrons.